The Kier molecular flexibility index (Phi) is 1.00. The van der Waals surface area contributed by atoms with Crippen molar-refractivity contribution in [2.75, 3.05) is 0 Å². The van der Waals surface area contributed by atoms with Gasteiger partial charge in [0.05, 0.1) is 0 Å². The van der Waals surface area contributed by atoms with E-state index in [1.165, 1.54) is 30.1 Å². The van der Waals surface area contributed by atoms with Crippen molar-refractivity contribution in [2.24, 2.45) is 23.7 Å². The van der Waals surface area contributed by atoms with Gasteiger partial charge in [0.15, 0.2) is 0 Å². The van der Waals surface area contributed by atoms with Crippen LogP contribution >= 0.6 is 0 Å². The maximum Gasteiger partial charge on any atom is -0.0349 e. The van der Waals surface area contributed by atoms with E-state index in [-0.39, 0.29) is 0 Å². The summed E-state index contributed by atoms with van der Waals surface area (Å²) < 4.78 is 0. The van der Waals surface area contributed by atoms with Gasteiger partial charge in [-0.2, -0.15) is 0 Å². The van der Waals surface area contributed by atoms with Crippen molar-refractivity contribution in [1.29, 1.82) is 0 Å². The van der Waals surface area contributed by atoms with Gasteiger partial charge in [-0.15, -0.1) is 0 Å². The van der Waals surface area contributed by atoms with Crippen molar-refractivity contribution in [3.8, 4) is 0 Å². The second-order valence-corrected chi connectivity index (χ2v) is 4.53. The van der Waals surface area contributed by atoms with Crippen LogP contribution in [0.15, 0.2) is 0 Å². The molecular weight excluding hydrogens is 120 g/mol. The maximum atomic E-state index is 1.62. The molecule has 3 aliphatic carbocycles. The van der Waals surface area contributed by atoms with Gasteiger partial charge in [0.25, 0.3) is 0 Å². The van der Waals surface area contributed by atoms with Gasteiger partial charge in [0, 0.05) is 0 Å². The molecule has 0 aliphatic heterocycles. The molecule has 0 amide bonds. The smallest absolute Gasteiger partial charge is 0.0349 e. The minimum absolute atomic E-state index is 1.22. The van der Waals surface area contributed by atoms with Crippen molar-refractivity contribution in [3.63, 3.8) is 0 Å². The highest BCUT2D eigenvalue weighted by atomic mass is 14.6. The Morgan fingerprint density at radius 1 is 0.600 bits per heavy atom. The largest absolute Gasteiger partial charge is 0.0533 e. The first-order valence-corrected chi connectivity index (χ1v) is 4.97. The zero-order valence-corrected chi connectivity index (χ0v) is 6.55. The Bertz CT molecular complexity index is 134. The van der Waals surface area contributed by atoms with Crippen LogP contribution in [-0.2, 0) is 0 Å². The van der Waals surface area contributed by atoms with Gasteiger partial charge in [-0.25, -0.2) is 0 Å². The molecule has 0 N–H and O–H groups in total. The van der Waals surface area contributed by atoms with Crippen LogP contribution in [-0.4, -0.2) is 0 Å². The molecule has 56 valence electrons. The Hall–Kier alpha value is 0. The summed E-state index contributed by atoms with van der Waals surface area (Å²) in [5.41, 5.74) is 0. The first-order chi connectivity index (χ1) is 4.97. The van der Waals surface area contributed by atoms with E-state index in [2.05, 4.69) is 0 Å². The van der Waals surface area contributed by atoms with Gasteiger partial charge in [-0.1, -0.05) is 19.3 Å². The fourth-order valence-electron chi connectivity index (χ4n) is 3.50. The predicted octanol–water partition coefficient (Wildman–Crippen LogP) is 2.83. The van der Waals surface area contributed by atoms with Crippen LogP contribution in [0.4, 0.5) is 0 Å². The number of hydrogen-bond acceptors (Lipinski definition) is 0. The highest BCUT2D eigenvalue weighted by molar-refractivity contribution is 5.08. The Balaban J connectivity index is 1.75. The molecule has 0 aromatic rings. The Morgan fingerprint density at radius 2 is 1.20 bits per heavy atom. The molecule has 0 radical (unpaired) electrons. The standard InChI is InChI=1S/C10H16/c1-2-4-7-8(5-3-1)10-6-9(7)10/h7-10H,1-6H2. The summed E-state index contributed by atoms with van der Waals surface area (Å²) in [4.78, 5) is 0. The number of rotatable bonds is 0. The van der Waals surface area contributed by atoms with Crippen LogP contribution in [0.1, 0.15) is 38.5 Å². The second kappa shape index (κ2) is 1.78. The summed E-state index contributed by atoms with van der Waals surface area (Å²) in [5.74, 6) is 4.91. The van der Waals surface area contributed by atoms with Crippen LogP contribution < -0.4 is 0 Å². The summed E-state index contributed by atoms with van der Waals surface area (Å²) in [6.45, 7) is 0. The lowest BCUT2D eigenvalue weighted by atomic mass is 9.71. The summed E-state index contributed by atoms with van der Waals surface area (Å²) in [6, 6.07) is 0. The van der Waals surface area contributed by atoms with Crippen molar-refractivity contribution in [2.45, 2.75) is 38.5 Å². The van der Waals surface area contributed by atoms with Gasteiger partial charge in [0.2, 0.25) is 0 Å². The van der Waals surface area contributed by atoms with Crippen molar-refractivity contribution in [3.05, 3.63) is 0 Å². The van der Waals surface area contributed by atoms with Gasteiger partial charge in [-0.3, -0.25) is 0 Å². The maximum absolute atomic E-state index is 1.62. The molecular formula is C10H16. The van der Waals surface area contributed by atoms with Crippen LogP contribution in [0, 0.1) is 23.7 Å². The molecule has 4 unspecified atom stereocenters. The quantitative estimate of drug-likeness (QED) is 0.480. The molecule has 3 aliphatic rings. The van der Waals surface area contributed by atoms with Gasteiger partial charge < -0.3 is 0 Å². The second-order valence-electron chi connectivity index (χ2n) is 4.53. The topological polar surface area (TPSA) is 0 Å². The van der Waals surface area contributed by atoms with Gasteiger partial charge in [0.1, 0.15) is 0 Å². The van der Waals surface area contributed by atoms with Crippen LogP contribution in [0.3, 0.4) is 0 Å². The Morgan fingerprint density at radius 3 is 1.80 bits per heavy atom. The lowest BCUT2D eigenvalue weighted by Crippen LogP contribution is -2.28. The lowest BCUT2D eigenvalue weighted by molar-refractivity contribution is 0.143. The SMILES string of the molecule is C1CCC2C(CC1)C1CC21. The first-order valence-electron chi connectivity index (χ1n) is 4.97. The molecule has 0 spiro atoms. The zero-order valence-electron chi connectivity index (χ0n) is 6.55. The summed E-state index contributed by atoms with van der Waals surface area (Å²) in [6.07, 6.45) is 9.42. The van der Waals surface area contributed by atoms with E-state index in [1.807, 2.05) is 0 Å². The molecule has 4 atom stereocenters. The molecule has 0 heteroatoms. The van der Waals surface area contributed by atoms with Gasteiger partial charge in [-0.05, 0) is 42.9 Å². The molecule has 3 rings (SSSR count). The number of hydrogen-bond donors (Lipinski definition) is 0. The van der Waals surface area contributed by atoms with Crippen molar-refractivity contribution >= 4 is 0 Å². The van der Waals surface area contributed by atoms with Crippen LogP contribution in [0.5, 0.6) is 0 Å². The summed E-state index contributed by atoms with van der Waals surface area (Å²) in [5, 5.41) is 0. The van der Waals surface area contributed by atoms with E-state index in [0.29, 0.717) is 0 Å². The minimum Gasteiger partial charge on any atom is -0.0533 e. The minimum atomic E-state index is 1.22. The third-order valence-electron chi connectivity index (χ3n) is 4.12. The zero-order chi connectivity index (χ0) is 6.55. The third-order valence-corrected chi connectivity index (χ3v) is 4.12. The monoisotopic (exact) mass is 136 g/mol. The molecule has 3 saturated carbocycles. The fraction of sp³-hybridized carbons (Fsp3) is 1.00. The summed E-state index contributed by atoms with van der Waals surface area (Å²) >= 11 is 0. The molecule has 0 aromatic heterocycles. The molecule has 0 nitrogen and oxygen atoms in total. The van der Waals surface area contributed by atoms with E-state index >= 15 is 0 Å². The molecule has 0 saturated heterocycles. The highest BCUT2D eigenvalue weighted by Crippen LogP contribution is 2.67. The van der Waals surface area contributed by atoms with E-state index in [1.54, 1.807) is 32.1 Å². The average Bonchev–Trinajstić information content (AvgIpc) is 2.59. The average molecular weight is 136 g/mol. The van der Waals surface area contributed by atoms with E-state index < -0.39 is 0 Å². The molecule has 0 bridgehead atoms. The van der Waals surface area contributed by atoms with Crippen molar-refractivity contribution < 1.29 is 0 Å². The van der Waals surface area contributed by atoms with Crippen molar-refractivity contribution in [1.82, 2.24) is 0 Å². The van der Waals surface area contributed by atoms with E-state index in [0.717, 1.165) is 0 Å². The molecule has 0 aromatic carbocycles. The van der Waals surface area contributed by atoms with E-state index in [9.17, 15) is 0 Å². The van der Waals surface area contributed by atoms with Gasteiger partial charge >= 0.3 is 0 Å². The van der Waals surface area contributed by atoms with Crippen LogP contribution in [0.2, 0.25) is 0 Å². The molecule has 3 fully saturated rings. The first kappa shape index (κ1) is 5.62. The molecule has 10 heavy (non-hydrogen) atoms. The van der Waals surface area contributed by atoms with Crippen LogP contribution in [0.25, 0.3) is 0 Å². The highest BCUT2D eigenvalue weighted by Gasteiger charge is 2.60. The lowest BCUT2D eigenvalue weighted by Gasteiger charge is -2.34. The van der Waals surface area contributed by atoms with E-state index in [4.69, 9.17) is 0 Å². The predicted molar refractivity (Wildman–Crippen MR) is 41.7 cm³/mol. The molecule has 0 heterocycles. The summed E-state index contributed by atoms with van der Waals surface area (Å²) in [7, 11) is 0. The number of fused-ring (bicyclic) bond motifs is 4. The Labute approximate surface area is 63.0 Å². The fourth-order valence-corrected chi connectivity index (χ4v) is 3.50. The normalized spacial score (nSPS) is 57.6. The third kappa shape index (κ3) is 0.580.